The van der Waals surface area contributed by atoms with Crippen molar-refractivity contribution in [1.82, 2.24) is 0 Å². The molecule has 3 aromatic rings. The molecule has 486 valence electrons. The Bertz CT molecular complexity index is 3410. The zero-order valence-corrected chi connectivity index (χ0v) is 53.5. The first-order valence-electron chi connectivity index (χ1n) is 35.6. The Morgan fingerprint density at radius 1 is 0.692 bits per heavy atom. The number of hydrogen-bond donors (Lipinski definition) is 7. The Morgan fingerprint density at radius 3 is 2.21 bits per heavy atom. The van der Waals surface area contributed by atoms with E-state index in [4.69, 9.17) is 14.2 Å². The first-order valence-corrected chi connectivity index (χ1v) is 35.6. The number of ketones is 1. The zero-order valence-electron chi connectivity index (χ0n) is 53.5. The third kappa shape index (κ3) is 12.0. The van der Waals surface area contributed by atoms with Crippen molar-refractivity contribution < 1.29 is 59.2 Å². The van der Waals surface area contributed by atoms with Gasteiger partial charge in [-0.3, -0.25) is 9.59 Å². The molecule has 3 aromatic carbocycles. The predicted octanol–water partition coefficient (Wildman–Crippen LogP) is 12.5. The summed E-state index contributed by atoms with van der Waals surface area (Å²) in [7, 11) is 0. The summed E-state index contributed by atoms with van der Waals surface area (Å²) in [6, 6.07) is 16.2. The average molecular weight is 1240 g/mol. The van der Waals surface area contributed by atoms with Crippen LogP contribution in [-0.4, -0.2) is 97.1 Å². The number of nitrogens with one attached hydrogen (secondary N) is 1. The van der Waals surface area contributed by atoms with Gasteiger partial charge in [-0.15, -0.1) is 0 Å². The minimum absolute atomic E-state index is 0.0145. The van der Waals surface area contributed by atoms with E-state index in [2.05, 4.69) is 53.3 Å². The molecule has 13 nitrogen and oxygen atoms in total. The molecule has 91 heavy (non-hydrogen) atoms. The van der Waals surface area contributed by atoms with Crippen LogP contribution in [0.1, 0.15) is 250 Å². The molecule has 13 heteroatoms. The van der Waals surface area contributed by atoms with Crippen LogP contribution in [0.25, 0.3) is 0 Å². The van der Waals surface area contributed by atoms with Crippen molar-refractivity contribution in [3.05, 3.63) is 99.1 Å². The monoisotopic (exact) mass is 1240 g/mol. The Morgan fingerprint density at radius 2 is 1.42 bits per heavy atom. The second-order valence-corrected chi connectivity index (χ2v) is 30.6. The van der Waals surface area contributed by atoms with Crippen molar-refractivity contribution in [2.24, 2.45) is 40.9 Å². The molecule has 5 heterocycles. The van der Waals surface area contributed by atoms with Crippen LogP contribution in [-0.2, 0) is 42.1 Å². The summed E-state index contributed by atoms with van der Waals surface area (Å²) >= 11 is 0. The lowest BCUT2D eigenvalue weighted by Crippen LogP contribution is -2.65. The molecule has 0 radical (unpaired) electrons. The van der Waals surface area contributed by atoms with E-state index in [9.17, 15) is 40.2 Å². The van der Waals surface area contributed by atoms with Crippen LogP contribution < -0.4 is 10.1 Å². The second-order valence-electron chi connectivity index (χ2n) is 30.6. The van der Waals surface area contributed by atoms with E-state index in [0.29, 0.717) is 77.8 Å². The van der Waals surface area contributed by atoms with Gasteiger partial charge in [-0.2, -0.15) is 0 Å². The number of esters is 2. The first kappa shape index (κ1) is 62.9. The number of carbonyl (C=O) groups is 3. The van der Waals surface area contributed by atoms with Crippen molar-refractivity contribution in [3.63, 3.8) is 0 Å². The lowest BCUT2D eigenvalue weighted by molar-refractivity contribution is -0.228. The molecule has 15 rings (SSSR count). The van der Waals surface area contributed by atoms with Gasteiger partial charge in [0.1, 0.15) is 40.7 Å². The third-order valence-corrected chi connectivity index (χ3v) is 25.1. The molecule has 5 aliphatic heterocycles. The fraction of sp³-hybridized carbons (Fsp3) is 0.654. The van der Waals surface area contributed by atoms with Gasteiger partial charge < -0.3 is 50.2 Å². The third-order valence-electron chi connectivity index (χ3n) is 25.1. The van der Waals surface area contributed by atoms with Gasteiger partial charge in [-0.05, 0) is 185 Å². The number of phenolic OH excluding ortho intramolecular Hbond substituents is 1. The minimum Gasteiger partial charge on any atom is -0.507 e. The maximum absolute atomic E-state index is 16.6. The topological polar surface area (TPSA) is 212 Å². The number of fused-ring (bicyclic) bond motifs is 17. The van der Waals surface area contributed by atoms with E-state index < -0.39 is 76.1 Å². The lowest BCUT2D eigenvalue weighted by Gasteiger charge is -2.59. The number of phenols is 1. The molecular formula is C78H97NO12. The van der Waals surface area contributed by atoms with Gasteiger partial charge in [0.05, 0.1) is 42.7 Å². The molecule has 0 aromatic heterocycles. The predicted molar refractivity (Wildman–Crippen MR) is 346 cm³/mol. The van der Waals surface area contributed by atoms with Gasteiger partial charge in [0.25, 0.3) is 0 Å². The fourth-order valence-corrected chi connectivity index (χ4v) is 19.9. The van der Waals surface area contributed by atoms with Crippen molar-refractivity contribution in [3.8, 4) is 35.2 Å². The van der Waals surface area contributed by atoms with Crippen LogP contribution in [0.2, 0.25) is 0 Å². The number of carbonyl (C=O) groups excluding carboxylic acids is 3. The highest BCUT2D eigenvalue weighted by atomic mass is 16.6. The van der Waals surface area contributed by atoms with Crippen molar-refractivity contribution in [2.45, 2.75) is 264 Å². The maximum atomic E-state index is 16.6. The molecule has 0 saturated heterocycles. The summed E-state index contributed by atoms with van der Waals surface area (Å²) in [5.41, 5.74) is 0.741. The van der Waals surface area contributed by atoms with Gasteiger partial charge in [-0.25, -0.2) is 4.79 Å². The molecule has 14 bridgehead atoms. The Balaban J connectivity index is 0.996. The zero-order chi connectivity index (χ0) is 62.8. The maximum Gasteiger partial charge on any atom is 0.334 e. The van der Waals surface area contributed by atoms with Crippen LogP contribution in [0.15, 0.2) is 60.2 Å². The number of aliphatic hydroxyl groups is 5. The SMILES string of the molecule is C[C@@]1(O)CNc2cc(cc([C@H]3C#C[C@@H]4CC(=O)Oc5c4cc(c(O)c5C4CCCCC4)C[C@H]4OC(=O)/C(=C\[C@H](O)C5(CCCCC5)c5cccc(c5)C[C@H]5C(=O)CC[C@H]6[C@H]5C[C@H]5CCCC[C@@H]5[C@@]46O)C3)c2)[C@@H](O)C2(C#CC3CCC(CC3)OC[C@H]1O)CCCCC2. The highest BCUT2D eigenvalue weighted by Crippen LogP contribution is 2.60. The number of ether oxygens (including phenoxy) is 3. The molecule has 0 amide bonds. The Labute approximate surface area is 538 Å². The summed E-state index contributed by atoms with van der Waals surface area (Å²) in [6.45, 7) is 1.46. The molecule has 7 saturated carbocycles. The van der Waals surface area contributed by atoms with Crippen LogP contribution in [0.3, 0.4) is 0 Å². The van der Waals surface area contributed by atoms with Gasteiger partial charge in [-0.1, -0.05) is 131 Å². The number of rotatable bonds is 2. The van der Waals surface area contributed by atoms with Crippen molar-refractivity contribution >= 4 is 23.4 Å². The average Bonchev–Trinajstić information content (AvgIpc) is 1.25. The van der Waals surface area contributed by atoms with Crippen LogP contribution in [0.5, 0.6) is 11.5 Å². The van der Waals surface area contributed by atoms with E-state index in [1.807, 2.05) is 24.3 Å². The van der Waals surface area contributed by atoms with Crippen molar-refractivity contribution in [1.29, 1.82) is 0 Å². The van der Waals surface area contributed by atoms with Crippen LogP contribution >= 0.6 is 0 Å². The molecule has 7 aliphatic carbocycles. The van der Waals surface area contributed by atoms with Gasteiger partial charge in [0.15, 0.2) is 0 Å². The summed E-state index contributed by atoms with van der Waals surface area (Å²) in [5, 5.41) is 81.6. The molecule has 13 atom stereocenters. The largest absolute Gasteiger partial charge is 0.507 e. The highest BCUT2D eigenvalue weighted by Gasteiger charge is 2.62. The molecule has 2 spiro atoms. The van der Waals surface area contributed by atoms with E-state index in [0.717, 1.165) is 140 Å². The van der Waals surface area contributed by atoms with E-state index >= 15 is 4.79 Å². The summed E-state index contributed by atoms with van der Waals surface area (Å²) in [4.78, 5) is 45.6. The van der Waals surface area contributed by atoms with Crippen molar-refractivity contribution in [2.75, 3.05) is 18.5 Å². The molecule has 7 fully saturated rings. The van der Waals surface area contributed by atoms with Gasteiger partial charge in [0.2, 0.25) is 0 Å². The number of anilines is 1. The number of benzene rings is 3. The second kappa shape index (κ2) is 25.7. The van der Waals surface area contributed by atoms with Crippen LogP contribution in [0.4, 0.5) is 5.69 Å². The normalized spacial score (nSPS) is 37.2. The minimum atomic E-state index is -1.65. The lowest BCUT2D eigenvalue weighted by atomic mass is 9.48. The summed E-state index contributed by atoms with van der Waals surface area (Å²) in [6.07, 6.45) is 18.2. The molecular weight excluding hydrogens is 1140 g/mol. The smallest absolute Gasteiger partial charge is 0.334 e. The number of aromatic hydroxyl groups is 1. The summed E-state index contributed by atoms with van der Waals surface area (Å²) in [5.74, 6) is 11.2. The van der Waals surface area contributed by atoms with Gasteiger partial charge in [0, 0.05) is 64.9 Å². The molecule has 7 N–H and O–H groups in total. The van der Waals surface area contributed by atoms with E-state index in [1.54, 1.807) is 13.0 Å². The standard InChI is InChI=1S/C78H97NO12/c1-75(87)46-79-58-38-53(37-55(39-58)73(85)76(29-9-3-10-30-76)33-28-47-20-24-59(25-21-47)89-45-67(75)82)50-22-23-51-44-69(83)91-72-60(51)41-54(71(84)70(72)49-15-5-2-6-16-49)43-68-78(88)63-19-8-7-17-52(63)40-61-62(65(80)27-26-64(61)78)35-48-14-13-18-57(34-48)77(31-11-4-12-32-77)66(81)42-56(36-50)74(86)90-68/h13-14,18,34,37-39,41-42,47,49-52,59,61-64,66-68,73,79,81-82,84-85,87-88H,2-12,15-17,19-21,24-27,29-32,35-36,40,43-46H2,1H3/b56-42-/t47?,50-,51+,52+,59?,61-,62+,63-,64-,66-,67+,68+,73+,75+,78-/m0/s1. The van der Waals surface area contributed by atoms with E-state index in [1.165, 1.54) is 0 Å². The number of aliphatic hydroxyl groups excluding tert-OH is 3. The van der Waals surface area contributed by atoms with E-state index in [-0.39, 0.29) is 97.6 Å². The fourth-order valence-electron chi connectivity index (χ4n) is 19.9. The molecule has 12 aliphatic rings. The quantitative estimate of drug-likeness (QED) is 0.0724. The van der Waals surface area contributed by atoms with Gasteiger partial charge >= 0.3 is 11.9 Å². The molecule has 0 unspecified atom stereocenters. The number of Topliss-reactive ketones (excluding diaryl/α,β-unsaturated/α-hetero) is 1. The Hall–Kier alpha value is -5.51. The first-order chi connectivity index (χ1) is 44.0. The Kier molecular flexibility index (Phi) is 17.7. The van der Waals surface area contributed by atoms with Crippen LogP contribution in [0, 0.1) is 64.6 Å². The summed E-state index contributed by atoms with van der Waals surface area (Å²) < 4.78 is 19.9. The number of hydrogen-bond acceptors (Lipinski definition) is 13. The highest BCUT2D eigenvalue weighted by molar-refractivity contribution is 5.89.